The molecule has 0 unspecified atom stereocenters. The van der Waals surface area contributed by atoms with Gasteiger partial charge in [0, 0.05) is 17.9 Å². The molecule has 0 radical (unpaired) electrons. The molecule has 40 heavy (non-hydrogen) atoms. The normalized spacial score (nSPS) is 7.92. The number of rotatable bonds is 11. The maximum Gasteiger partial charge on any atom is 0.333 e. The van der Waals surface area contributed by atoms with Crippen molar-refractivity contribution < 1.29 is 14.3 Å². The molecule has 4 nitrogen and oxygen atoms in total. The van der Waals surface area contributed by atoms with Crippen molar-refractivity contribution in [1.29, 1.82) is 0 Å². The third kappa shape index (κ3) is 100. The summed E-state index contributed by atoms with van der Waals surface area (Å²) in [6.07, 6.45) is 10.2. The SMILES string of the molecule is C=C(C)C(=O)OCCC.C=C(C)CC.C=C(CC)CN.C=C(CC)CS.C=CC(C)=O.C=CC(C)C.C=CCC. The standard InChI is InChI=1S/C7H12O2.C5H11N.C5H10S.2C5H10.C4H6O.C4H8/c1-4-5-9-7(8)6(2)3;2*1-3-5(2)4-6;2*1-4-5(2)3;1-3-4(2)5;1-3-4-2/h2,4-5H2,1,3H3;2-4,6H2,1H3;6H,2-4H2,1H3;2,4H2,1,3H3;4-5H,1H2,2-3H3;3H,1H2,2H3;3H,1,4H2,2H3. The first kappa shape index (κ1) is 53.8. The summed E-state index contributed by atoms with van der Waals surface area (Å²) >= 11 is 4.00. The van der Waals surface area contributed by atoms with Gasteiger partial charge in [-0.2, -0.15) is 12.6 Å². The van der Waals surface area contributed by atoms with E-state index in [-0.39, 0.29) is 11.8 Å². The lowest BCUT2D eigenvalue weighted by atomic mass is 10.2. The molecule has 0 amide bonds. The number of ether oxygens (including phenoxy) is 1. The molecule has 0 saturated heterocycles. The summed E-state index contributed by atoms with van der Waals surface area (Å²) < 4.78 is 4.71. The highest BCUT2D eigenvalue weighted by atomic mass is 32.1. The van der Waals surface area contributed by atoms with Gasteiger partial charge >= 0.3 is 5.97 Å². The lowest BCUT2D eigenvalue weighted by Crippen LogP contribution is -2.04. The topological polar surface area (TPSA) is 69.4 Å². The van der Waals surface area contributed by atoms with Crippen LogP contribution in [0.25, 0.3) is 0 Å². The molecule has 0 spiro atoms. The maximum atomic E-state index is 10.6. The number of ketones is 1. The van der Waals surface area contributed by atoms with Crippen LogP contribution in [0.2, 0.25) is 0 Å². The van der Waals surface area contributed by atoms with E-state index in [0.29, 0.717) is 24.6 Å². The first-order valence-corrected chi connectivity index (χ1v) is 14.6. The molecule has 0 saturated carbocycles. The average molecular weight is 582 g/mol. The summed E-state index contributed by atoms with van der Waals surface area (Å²) in [5, 5.41) is 0. The molecule has 0 aromatic carbocycles. The first-order valence-electron chi connectivity index (χ1n) is 14.0. The third-order valence-electron chi connectivity index (χ3n) is 3.95. The van der Waals surface area contributed by atoms with Gasteiger partial charge in [-0.3, -0.25) is 4.79 Å². The van der Waals surface area contributed by atoms with Crippen molar-refractivity contribution in [3.05, 3.63) is 86.6 Å². The fraction of sp³-hybridized carbons (Fsp3) is 0.543. The Kier molecular flexibility index (Phi) is 66.7. The van der Waals surface area contributed by atoms with E-state index in [9.17, 15) is 9.59 Å². The highest BCUT2D eigenvalue weighted by Gasteiger charge is 1.99. The summed E-state index contributed by atoms with van der Waals surface area (Å²) in [6, 6.07) is 0. The molecule has 0 aliphatic heterocycles. The number of hydrogen-bond acceptors (Lipinski definition) is 5. The molecule has 5 heteroatoms. The predicted octanol–water partition coefficient (Wildman–Crippen LogP) is 10.5. The van der Waals surface area contributed by atoms with Crippen LogP contribution in [0.4, 0.5) is 0 Å². The second-order valence-electron chi connectivity index (χ2n) is 8.79. The zero-order valence-electron chi connectivity index (χ0n) is 28.2. The van der Waals surface area contributed by atoms with Crippen LogP contribution in [0, 0.1) is 5.92 Å². The van der Waals surface area contributed by atoms with E-state index in [1.807, 2.05) is 26.0 Å². The Morgan fingerprint density at radius 2 is 1.20 bits per heavy atom. The number of esters is 1. The molecule has 0 heterocycles. The first-order chi connectivity index (χ1) is 18.5. The van der Waals surface area contributed by atoms with Gasteiger partial charge in [0.05, 0.1) is 6.61 Å². The molecule has 0 aromatic heterocycles. The molecule has 0 aliphatic rings. The molecule has 0 aromatic rings. The van der Waals surface area contributed by atoms with Gasteiger partial charge in [0.25, 0.3) is 0 Å². The second-order valence-corrected chi connectivity index (χ2v) is 9.10. The van der Waals surface area contributed by atoms with Crippen LogP contribution in [0.1, 0.15) is 101 Å². The van der Waals surface area contributed by atoms with Crippen molar-refractivity contribution in [3.63, 3.8) is 0 Å². The summed E-state index contributed by atoms with van der Waals surface area (Å²) in [4.78, 5) is 20.3. The van der Waals surface area contributed by atoms with E-state index in [1.165, 1.54) is 24.1 Å². The van der Waals surface area contributed by atoms with Crippen molar-refractivity contribution in [2.24, 2.45) is 11.7 Å². The summed E-state index contributed by atoms with van der Waals surface area (Å²) in [6.45, 7) is 45.4. The lowest BCUT2D eigenvalue weighted by molar-refractivity contribution is -0.138. The Morgan fingerprint density at radius 1 is 0.850 bits per heavy atom. The van der Waals surface area contributed by atoms with Gasteiger partial charge in [-0.25, -0.2) is 4.79 Å². The number of allylic oxidation sites excluding steroid dienone is 4. The van der Waals surface area contributed by atoms with Crippen molar-refractivity contribution >= 4 is 24.4 Å². The van der Waals surface area contributed by atoms with Crippen LogP contribution in [-0.2, 0) is 14.3 Å². The van der Waals surface area contributed by atoms with Gasteiger partial charge in [-0.05, 0) is 64.9 Å². The third-order valence-corrected chi connectivity index (χ3v) is 4.40. The quantitative estimate of drug-likeness (QED) is 0.110. The number of nitrogens with two attached hydrogens (primary N) is 1. The van der Waals surface area contributed by atoms with Gasteiger partial charge in [0.15, 0.2) is 5.78 Å². The van der Waals surface area contributed by atoms with Crippen molar-refractivity contribution in [2.45, 2.75) is 101 Å². The monoisotopic (exact) mass is 581 g/mol. The zero-order chi connectivity index (χ0) is 33.5. The molecule has 0 bridgehead atoms. The zero-order valence-corrected chi connectivity index (χ0v) is 29.1. The maximum absolute atomic E-state index is 10.6. The van der Waals surface area contributed by atoms with Crippen LogP contribution in [0.3, 0.4) is 0 Å². The van der Waals surface area contributed by atoms with Crippen LogP contribution >= 0.6 is 12.6 Å². The van der Waals surface area contributed by atoms with Crippen LogP contribution in [-0.4, -0.2) is 30.7 Å². The fourth-order valence-corrected chi connectivity index (χ4v) is 0.798. The minimum atomic E-state index is -0.295. The van der Waals surface area contributed by atoms with Gasteiger partial charge in [0.2, 0.25) is 0 Å². The molecule has 236 valence electrons. The number of hydrogen-bond donors (Lipinski definition) is 2. The fourth-order valence-electron chi connectivity index (χ4n) is 0.574. The van der Waals surface area contributed by atoms with E-state index >= 15 is 0 Å². The molecule has 2 N–H and O–H groups in total. The summed E-state index contributed by atoms with van der Waals surface area (Å²) in [5.74, 6) is 1.20. The molecule has 0 aliphatic carbocycles. The van der Waals surface area contributed by atoms with E-state index in [2.05, 4.69) is 100 Å². The van der Waals surface area contributed by atoms with Crippen LogP contribution in [0.15, 0.2) is 86.6 Å². The van der Waals surface area contributed by atoms with Crippen LogP contribution in [0.5, 0.6) is 0 Å². The van der Waals surface area contributed by atoms with Crippen molar-refractivity contribution in [2.75, 3.05) is 18.9 Å². The Labute approximate surface area is 256 Å². The van der Waals surface area contributed by atoms with Gasteiger partial charge in [-0.15, -0.1) is 19.7 Å². The highest BCUT2D eigenvalue weighted by molar-refractivity contribution is 7.80. The largest absolute Gasteiger partial charge is 0.462 e. The van der Waals surface area contributed by atoms with E-state index in [1.54, 1.807) is 6.92 Å². The average Bonchev–Trinajstić information content (AvgIpc) is 2.96. The van der Waals surface area contributed by atoms with E-state index < -0.39 is 0 Å². The van der Waals surface area contributed by atoms with E-state index in [0.717, 1.165) is 43.4 Å². The molecule has 0 rings (SSSR count). The van der Waals surface area contributed by atoms with Gasteiger partial charge in [0.1, 0.15) is 0 Å². The minimum absolute atomic E-state index is 0.0185. The smallest absolute Gasteiger partial charge is 0.333 e. The molecular formula is C35H67NO3S. The van der Waals surface area contributed by atoms with Crippen molar-refractivity contribution in [1.82, 2.24) is 0 Å². The Balaban J connectivity index is -0.0000000646. The number of carbonyl (C=O) groups is 2. The molecular weight excluding hydrogens is 514 g/mol. The van der Waals surface area contributed by atoms with E-state index in [4.69, 9.17) is 10.5 Å². The highest BCUT2D eigenvalue weighted by Crippen LogP contribution is 1.96. The van der Waals surface area contributed by atoms with Crippen molar-refractivity contribution in [3.8, 4) is 0 Å². The summed E-state index contributed by atoms with van der Waals surface area (Å²) in [5.41, 5.74) is 9.23. The van der Waals surface area contributed by atoms with Gasteiger partial charge in [-0.1, -0.05) is 104 Å². The van der Waals surface area contributed by atoms with Crippen LogP contribution < -0.4 is 5.73 Å². The minimum Gasteiger partial charge on any atom is -0.462 e. The lowest BCUT2D eigenvalue weighted by Gasteiger charge is -1.99. The Bertz CT molecular complexity index is 634. The Morgan fingerprint density at radius 3 is 1.27 bits per heavy atom. The Hall–Kier alpha value is -2.37. The summed E-state index contributed by atoms with van der Waals surface area (Å²) in [7, 11) is 0. The number of thiol groups is 1. The van der Waals surface area contributed by atoms with Gasteiger partial charge < -0.3 is 10.5 Å². The number of carbonyl (C=O) groups excluding carboxylic acids is 2. The molecule has 0 fully saturated rings. The molecule has 0 atom stereocenters. The predicted molar refractivity (Wildman–Crippen MR) is 189 cm³/mol. The second kappa shape index (κ2) is 49.6.